The third kappa shape index (κ3) is 3.64. The number of aromatic amines is 1. The van der Waals surface area contributed by atoms with Gasteiger partial charge in [-0.2, -0.15) is 0 Å². The Bertz CT molecular complexity index is 1370. The van der Waals surface area contributed by atoms with Crippen LogP contribution >= 0.6 is 0 Å². The molecule has 0 spiro atoms. The Balaban J connectivity index is 1.54. The quantitative estimate of drug-likeness (QED) is 0.362. The molecule has 1 atom stereocenters. The fraction of sp³-hybridized carbons (Fsp3) is 0.0741. The summed E-state index contributed by atoms with van der Waals surface area (Å²) >= 11 is 0. The summed E-state index contributed by atoms with van der Waals surface area (Å²) in [6.45, 7) is 0. The lowest BCUT2D eigenvalue weighted by atomic mass is 9.92. The predicted molar refractivity (Wildman–Crippen MR) is 124 cm³/mol. The number of nitrogens with one attached hydrogen (secondary N) is 2. The minimum atomic E-state index is -0.468. The average molecular weight is 406 g/mol. The maximum absolute atomic E-state index is 13.2. The summed E-state index contributed by atoms with van der Waals surface area (Å²) in [6, 6.07) is 28.7. The Labute approximate surface area is 180 Å². The van der Waals surface area contributed by atoms with Gasteiger partial charge in [0.1, 0.15) is 5.75 Å². The number of hydrogen-bond donors (Lipinski definition) is 3. The van der Waals surface area contributed by atoms with Gasteiger partial charge in [0.2, 0.25) is 5.91 Å². The van der Waals surface area contributed by atoms with Crippen molar-refractivity contribution >= 4 is 27.6 Å². The summed E-state index contributed by atoms with van der Waals surface area (Å²) in [5, 5.41) is 16.9. The van der Waals surface area contributed by atoms with E-state index in [0.29, 0.717) is 5.56 Å². The minimum Gasteiger partial charge on any atom is -0.508 e. The highest BCUT2D eigenvalue weighted by molar-refractivity contribution is 5.91. The minimum absolute atomic E-state index is 0.106. The molecule has 3 N–H and O–H groups in total. The molecule has 31 heavy (non-hydrogen) atoms. The molecule has 1 aromatic heterocycles. The summed E-state index contributed by atoms with van der Waals surface area (Å²) in [6.07, 6.45) is 2.13. The first-order valence-corrected chi connectivity index (χ1v) is 10.3. The number of carbonyl (C=O) groups excluding carboxylic acids is 1. The van der Waals surface area contributed by atoms with E-state index in [1.807, 2.05) is 91.1 Å². The normalized spacial score (nSPS) is 12.1. The zero-order valence-electron chi connectivity index (χ0n) is 16.9. The van der Waals surface area contributed by atoms with E-state index >= 15 is 0 Å². The van der Waals surface area contributed by atoms with Crippen molar-refractivity contribution in [2.75, 3.05) is 0 Å². The Kier molecular flexibility index (Phi) is 4.89. The molecule has 5 aromatic rings. The summed E-state index contributed by atoms with van der Waals surface area (Å²) in [4.78, 5) is 16.4. The molecule has 0 saturated carbocycles. The molecular formula is C27H22N2O2. The number of phenols is 1. The largest absolute Gasteiger partial charge is 0.508 e. The van der Waals surface area contributed by atoms with Gasteiger partial charge in [0, 0.05) is 22.7 Å². The third-order valence-electron chi connectivity index (χ3n) is 5.70. The van der Waals surface area contributed by atoms with Crippen LogP contribution in [-0.4, -0.2) is 16.0 Å². The van der Waals surface area contributed by atoms with E-state index in [1.165, 1.54) is 0 Å². The fourth-order valence-corrected chi connectivity index (χ4v) is 4.22. The Hall–Kier alpha value is -4.05. The van der Waals surface area contributed by atoms with Gasteiger partial charge >= 0.3 is 0 Å². The average Bonchev–Trinajstić information content (AvgIpc) is 3.21. The first-order valence-electron chi connectivity index (χ1n) is 10.3. The van der Waals surface area contributed by atoms with Gasteiger partial charge in [-0.05, 0) is 34.0 Å². The molecule has 0 aliphatic heterocycles. The van der Waals surface area contributed by atoms with Crippen LogP contribution in [0.25, 0.3) is 21.7 Å². The summed E-state index contributed by atoms with van der Waals surface area (Å²) in [7, 11) is 0. The van der Waals surface area contributed by atoms with Crippen molar-refractivity contribution in [1.82, 2.24) is 10.3 Å². The Morgan fingerprint density at radius 2 is 1.55 bits per heavy atom. The molecule has 0 saturated heterocycles. The van der Waals surface area contributed by atoms with Crippen LogP contribution in [-0.2, 0) is 11.2 Å². The van der Waals surface area contributed by atoms with Crippen molar-refractivity contribution in [3.05, 3.63) is 114 Å². The fourth-order valence-electron chi connectivity index (χ4n) is 4.22. The number of fused-ring (bicyclic) bond motifs is 2. The lowest BCUT2D eigenvalue weighted by molar-refractivity contribution is -0.120. The molecule has 5 rings (SSSR count). The van der Waals surface area contributed by atoms with E-state index in [2.05, 4.69) is 10.3 Å². The monoisotopic (exact) mass is 406 g/mol. The summed E-state index contributed by atoms with van der Waals surface area (Å²) < 4.78 is 0. The number of rotatable bonds is 5. The van der Waals surface area contributed by atoms with Crippen molar-refractivity contribution in [2.45, 2.75) is 12.5 Å². The number of carbonyl (C=O) groups is 1. The highest BCUT2D eigenvalue weighted by atomic mass is 16.3. The molecule has 0 aliphatic carbocycles. The second-order valence-electron chi connectivity index (χ2n) is 7.67. The summed E-state index contributed by atoms with van der Waals surface area (Å²) in [5.41, 5.74) is 3.58. The molecule has 4 nitrogen and oxygen atoms in total. The van der Waals surface area contributed by atoms with Crippen molar-refractivity contribution < 1.29 is 9.90 Å². The molecule has 1 heterocycles. The second-order valence-corrected chi connectivity index (χ2v) is 7.67. The van der Waals surface area contributed by atoms with Crippen LogP contribution in [0.2, 0.25) is 0 Å². The van der Waals surface area contributed by atoms with Gasteiger partial charge in [0.25, 0.3) is 0 Å². The molecule has 1 amide bonds. The molecule has 1 unspecified atom stereocenters. The molecule has 0 fully saturated rings. The Morgan fingerprint density at radius 1 is 0.839 bits per heavy atom. The van der Waals surface area contributed by atoms with Crippen LogP contribution in [0, 0.1) is 0 Å². The maximum atomic E-state index is 13.2. The van der Waals surface area contributed by atoms with E-state index < -0.39 is 6.04 Å². The number of para-hydroxylation sites is 1. The molecule has 0 aliphatic rings. The lowest BCUT2D eigenvalue weighted by Gasteiger charge is -2.22. The van der Waals surface area contributed by atoms with Crippen LogP contribution in [0.3, 0.4) is 0 Å². The molecule has 0 bridgehead atoms. The zero-order valence-corrected chi connectivity index (χ0v) is 16.9. The van der Waals surface area contributed by atoms with E-state index in [1.54, 1.807) is 6.07 Å². The number of benzene rings is 4. The zero-order chi connectivity index (χ0) is 21.2. The van der Waals surface area contributed by atoms with E-state index in [4.69, 9.17) is 0 Å². The molecule has 0 radical (unpaired) electrons. The van der Waals surface area contributed by atoms with Gasteiger partial charge in [0.05, 0.1) is 12.5 Å². The molecule has 4 heteroatoms. The van der Waals surface area contributed by atoms with Gasteiger partial charge in [-0.1, -0.05) is 78.9 Å². The Morgan fingerprint density at radius 3 is 2.39 bits per heavy atom. The second kappa shape index (κ2) is 8.00. The van der Waals surface area contributed by atoms with Crippen LogP contribution in [0.5, 0.6) is 5.75 Å². The number of H-pyrrole nitrogens is 1. The number of hydrogen-bond acceptors (Lipinski definition) is 2. The summed E-state index contributed by atoms with van der Waals surface area (Å²) in [5.74, 6) is 0.0610. The van der Waals surface area contributed by atoms with Crippen LogP contribution in [0.4, 0.5) is 0 Å². The SMILES string of the molecule is O=C(Cc1c[nH]c2ccccc12)NC(c1ccccc1)c1c(O)ccc2ccccc12. The topological polar surface area (TPSA) is 65.1 Å². The predicted octanol–water partition coefficient (Wildman–Crippen LogP) is 5.48. The first kappa shape index (κ1) is 18.9. The highest BCUT2D eigenvalue weighted by Crippen LogP contribution is 2.36. The van der Waals surface area contributed by atoms with E-state index in [9.17, 15) is 9.90 Å². The van der Waals surface area contributed by atoms with Crippen LogP contribution < -0.4 is 5.32 Å². The standard InChI is InChI=1S/C27H22N2O2/c30-24-15-14-18-8-4-5-12-22(18)26(24)27(19-9-2-1-3-10-19)29-25(31)16-20-17-28-23-13-7-6-11-21(20)23/h1-15,17,27-28,30H,16H2,(H,29,31). The van der Waals surface area contributed by atoms with Gasteiger partial charge in [-0.3, -0.25) is 4.79 Å². The van der Waals surface area contributed by atoms with Gasteiger partial charge in [0.15, 0.2) is 0 Å². The van der Waals surface area contributed by atoms with Crippen LogP contribution in [0.15, 0.2) is 97.2 Å². The van der Waals surface area contributed by atoms with Crippen molar-refractivity contribution in [3.8, 4) is 5.75 Å². The number of amides is 1. The molecular weight excluding hydrogens is 384 g/mol. The first-order chi connectivity index (χ1) is 15.2. The van der Waals surface area contributed by atoms with E-state index in [0.717, 1.165) is 32.8 Å². The highest BCUT2D eigenvalue weighted by Gasteiger charge is 2.23. The van der Waals surface area contributed by atoms with Crippen molar-refractivity contribution in [3.63, 3.8) is 0 Å². The smallest absolute Gasteiger partial charge is 0.225 e. The van der Waals surface area contributed by atoms with Crippen LogP contribution in [0.1, 0.15) is 22.7 Å². The van der Waals surface area contributed by atoms with Gasteiger partial charge in [-0.25, -0.2) is 0 Å². The number of aromatic hydroxyl groups is 1. The number of phenolic OH excluding ortho intramolecular Hbond substituents is 1. The van der Waals surface area contributed by atoms with Gasteiger partial charge < -0.3 is 15.4 Å². The number of aromatic nitrogens is 1. The molecule has 152 valence electrons. The molecule has 4 aromatic carbocycles. The lowest BCUT2D eigenvalue weighted by Crippen LogP contribution is -2.30. The maximum Gasteiger partial charge on any atom is 0.225 e. The van der Waals surface area contributed by atoms with Crippen molar-refractivity contribution in [1.29, 1.82) is 0 Å². The van der Waals surface area contributed by atoms with Gasteiger partial charge in [-0.15, -0.1) is 0 Å². The van der Waals surface area contributed by atoms with Crippen molar-refractivity contribution in [2.24, 2.45) is 0 Å². The third-order valence-corrected chi connectivity index (χ3v) is 5.70. The van der Waals surface area contributed by atoms with E-state index in [-0.39, 0.29) is 18.1 Å².